The molecular weight excluding hydrogens is 366 g/mol. The first-order chi connectivity index (χ1) is 14.8. The number of benzene rings is 2. The third kappa shape index (κ3) is 3.19. The van der Waals surface area contributed by atoms with Crippen molar-refractivity contribution in [2.24, 2.45) is 17.8 Å². The number of rotatable bonds is 5. The second kappa shape index (κ2) is 7.55. The van der Waals surface area contributed by atoms with Gasteiger partial charge in [0.25, 0.3) is 0 Å². The number of nitrogens with zero attached hydrogens (tertiary/aromatic N) is 3. The predicted octanol–water partition coefficient (Wildman–Crippen LogP) is 5.14. The molecule has 3 atom stereocenters. The predicted molar refractivity (Wildman–Crippen MR) is 126 cm³/mol. The van der Waals surface area contributed by atoms with Crippen LogP contribution in [-0.2, 0) is 13.1 Å². The number of piperazine rings is 1. The number of allylic oxidation sites excluding steroid dienone is 2. The molecule has 2 fully saturated rings. The van der Waals surface area contributed by atoms with Crippen molar-refractivity contribution in [1.82, 2.24) is 14.4 Å². The fourth-order valence-electron chi connectivity index (χ4n) is 6.36. The summed E-state index contributed by atoms with van der Waals surface area (Å²) in [6, 6.07) is 16.0. The van der Waals surface area contributed by atoms with Gasteiger partial charge in [0.2, 0.25) is 0 Å². The molecule has 3 nitrogen and oxygen atoms in total. The summed E-state index contributed by atoms with van der Waals surface area (Å²) >= 11 is 0. The molecule has 3 aliphatic rings. The van der Waals surface area contributed by atoms with Gasteiger partial charge >= 0.3 is 0 Å². The Morgan fingerprint density at radius 1 is 0.833 bits per heavy atom. The zero-order chi connectivity index (χ0) is 20.1. The van der Waals surface area contributed by atoms with Crippen molar-refractivity contribution in [3.63, 3.8) is 0 Å². The first-order valence-corrected chi connectivity index (χ1v) is 11.9. The normalized spacial score (nSPS) is 27.0. The van der Waals surface area contributed by atoms with Gasteiger partial charge < -0.3 is 9.47 Å². The van der Waals surface area contributed by atoms with Crippen LogP contribution in [-0.4, -0.2) is 47.1 Å². The highest BCUT2D eigenvalue weighted by Gasteiger charge is 2.36. The lowest BCUT2D eigenvalue weighted by molar-refractivity contribution is 0.108. The SMILES string of the molecule is CCn1c2ccccc2c2cc(CN3CCN(C[C@H]4C[C@H]5C=C[C@@H]4C5)CC3)ccc21. The van der Waals surface area contributed by atoms with Gasteiger partial charge in [-0.1, -0.05) is 36.4 Å². The van der Waals surface area contributed by atoms with E-state index >= 15 is 0 Å². The molecule has 3 aromatic rings. The van der Waals surface area contributed by atoms with Gasteiger partial charge in [0.15, 0.2) is 0 Å². The van der Waals surface area contributed by atoms with E-state index in [-0.39, 0.29) is 0 Å². The average Bonchev–Trinajstić information content (AvgIpc) is 3.48. The van der Waals surface area contributed by atoms with Gasteiger partial charge in [0.1, 0.15) is 0 Å². The van der Waals surface area contributed by atoms with E-state index in [4.69, 9.17) is 0 Å². The number of aromatic nitrogens is 1. The summed E-state index contributed by atoms with van der Waals surface area (Å²) in [7, 11) is 0. The molecule has 6 rings (SSSR count). The third-order valence-corrected chi connectivity index (χ3v) is 7.93. The molecule has 0 spiro atoms. The second-order valence-electron chi connectivity index (χ2n) is 9.73. The first-order valence-electron chi connectivity index (χ1n) is 11.9. The summed E-state index contributed by atoms with van der Waals surface area (Å²) in [6.45, 7) is 10.5. The van der Waals surface area contributed by atoms with Gasteiger partial charge in [-0.15, -0.1) is 0 Å². The van der Waals surface area contributed by atoms with E-state index in [1.807, 2.05) is 0 Å². The minimum Gasteiger partial charge on any atom is -0.341 e. The maximum Gasteiger partial charge on any atom is 0.0491 e. The fraction of sp³-hybridized carbons (Fsp3) is 0.481. The molecule has 2 bridgehead atoms. The molecule has 2 heterocycles. The molecule has 156 valence electrons. The Kier molecular flexibility index (Phi) is 4.69. The van der Waals surface area contributed by atoms with Crippen LogP contribution in [0.3, 0.4) is 0 Å². The molecular formula is C27H33N3. The Labute approximate surface area is 180 Å². The first kappa shape index (κ1) is 18.7. The molecule has 1 saturated carbocycles. The Morgan fingerprint density at radius 2 is 1.63 bits per heavy atom. The van der Waals surface area contributed by atoms with Crippen LogP contribution in [0.1, 0.15) is 25.3 Å². The molecule has 0 unspecified atom stereocenters. The summed E-state index contributed by atoms with van der Waals surface area (Å²) in [5, 5.41) is 2.80. The highest BCUT2D eigenvalue weighted by Crippen LogP contribution is 2.43. The smallest absolute Gasteiger partial charge is 0.0491 e. The number of hydrogen-bond acceptors (Lipinski definition) is 2. The van der Waals surface area contributed by atoms with Crippen molar-refractivity contribution in [2.75, 3.05) is 32.7 Å². The largest absolute Gasteiger partial charge is 0.341 e. The van der Waals surface area contributed by atoms with Gasteiger partial charge in [-0.25, -0.2) is 0 Å². The number of hydrogen-bond donors (Lipinski definition) is 0. The number of aryl methyl sites for hydroxylation is 1. The Balaban J connectivity index is 1.13. The van der Waals surface area contributed by atoms with Crippen LogP contribution in [0.5, 0.6) is 0 Å². The van der Waals surface area contributed by atoms with E-state index < -0.39 is 0 Å². The Bertz CT molecular complexity index is 1090. The topological polar surface area (TPSA) is 11.4 Å². The lowest BCUT2D eigenvalue weighted by Crippen LogP contribution is -2.47. The molecule has 30 heavy (non-hydrogen) atoms. The molecule has 3 heteroatoms. The minimum absolute atomic E-state index is 0.880. The molecule has 1 saturated heterocycles. The molecule has 0 N–H and O–H groups in total. The van der Waals surface area contributed by atoms with E-state index in [1.165, 1.54) is 72.9 Å². The molecule has 0 radical (unpaired) electrons. The summed E-state index contributed by atoms with van der Waals surface area (Å²) in [5.74, 6) is 2.70. The molecule has 0 amide bonds. The molecule has 2 aromatic carbocycles. The van der Waals surface area contributed by atoms with Gasteiger partial charge in [-0.05, 0) is 61.3 Å². The fourth-order valence-corrected chi connectivity index (χ4v) is 6.36. The van der Waals surface area contributed by atoms with Gasteiger partial charge in [-0.2, -0.15) is 0 Å². The van der Waals surface area contributed by atoms with Gasteiger partial charge in [0.05, 0.1) is 0 Å². The highest BCUT2D eigenvalue weighted by atomic mass is 15.3. The highest BCUT2D eigenvalue weighted by molar-refractivity contribution is 6.08. The lowest BCUT2D eigenvalue weighted by Gasteiger charge is -2.37. The van der Waals surface area contributed by atoms with Crippen LogP contribution in [0.4, 0.5) is 0 Å². The van der Waals surface area contributed by atoms with Crippen molar-refractivity contribution < 1.29 is 0 Å². The van der Waals surface area contributed by atoms with E-state index in [2.05, 4.69) is 75.9 Å². The maximum atomic E-state index is 2.73. The van der Waals surface area contributed by atoms with Crippen molar-refractivity contribution in [3.8, 4) is 0 Å². The molecule has 1 aliphatic heterocycles. The monoisotopic (exact) mass is 399 g/mol. The zero-order valence-corrected chi connectivity index (χ0v) is 18.1. The number of para-hydroxylation sites is 1. The van der Waals surface area contributed by atoms with Gasteiger partial charge in [-0.3, -0.25) is 4.90 Å². The van der Waals surface area contributed by atoms with E-state index in [0.29, 0.717) is 0 Å². The van der Waals surface area contributed by atoms with E-state index in [0.717, 1.165) is 30.8 Å². The van der Waals surface area contributed by atoms with Crippen molar-refractivity contribution >= 4 is 21.8 Å². The second-order valence-corrected chi connectivity index (χ2v) is 9.73. The van der Waals surface area contributed by atoms with Crippen LogP contribution in [0, 0.1) is 17.8 Å². The summed E-state index contributed by atoms with van der Waals surface area (Å²) in [6.07, 6.45) is 7.84. The van der Waals surface area contributed by atoms with Crippen molar-refractivity contribution in [3.05, 3.63) is 60.2 Å². The van der Waals surface area contributed by atoms with Crippen LogP contribution in [0.15, 0.2) is 54.6 Å². The molecule has 1 aromatic heterocycles. The summed E-state index contributed by atoms with van der Waals surface area (Å²) in [5.41, 5.74) is 4.18. The maximum absolute atomic E-state index is 2.73. The van der Waals surface area contributed by atoms with E-state index in [9.17, 15) is 0 Å². The third-order valence-electron chi connectivity index (χ3n) is 7.93. The summed E-state index contributed by atoms with van der Waals surface area (Å²) < 4.78 is 2.44. The van der Waals surface area contributed by atoms with Gasteiger partial charge in [0, 0.05) is 67.6 Å². The number of fused-ring (bicyclic) bond motifs is 5. The molecule has 2 aliphatic carbocycles. The van der Waals surface area contributed by atoms with Crippen molar-refractivity contribution in [1.29, 1.82) is 0 Å². The zero-order valence-electron chi connectivity index (χ0n) is 18.1. The van der Waals surface area contributed by atoms with Crippen LogP contribution < -0.4 is 0 Å². The minimum atomic E-state index is 0.880. The Morgan fingerprint density at radius 3 is 2.40 bits per heavy atom. The Hall–Kier alpha value is -2.10. The van der Waals surface area contributed by atoms with Crippen LogP contribution in [0.2, 0.25) is 0 Å². The van der Waals surface area contributed by atoms with Crippen LogP contribution in [0.25, 0.3) is 21.8 Å². The van der Waals surface area contributed by atoms with Crippen molar-refractivity contribution in [2.45, 2.75) is 32.9 Å². The van der Waals surface area contributed by atoms with Crippen LogP contribution >= 0.6 is 0 Å². The quantitative estimate of drug-likeness (QED) is 0.550. The van der Waals surface area contributed by atoms with E-state index in [1.54, 1.807) is 0 Å². The average molecular weight is 400 g/mol. The standard InChI is InChI=1S/C27H33N3/c1-2-30-26-6-4-3-5-24(26)25-17-21(8-10-27(25)30)18-28-11-13-29(14-12-28)19-23-16-20-7-9-22(23)15-20/h3-10,17,20,22-23H,2,11-16,18-19H2,1H3/t20-,22+,23+/m0/s1. The summed E-state index contributed by atoms with van der Waals surface area (Å²) in [4.78, 5) is 5.38. The lowest BCUT2D eigenvalue weighted by atomic mass is 9.93.